The van der Waals surface area contributed by atoms with Gasteiger partial charge in [0.1, 0.15) is 0 Å². The van der Waals surface area contributed by atoms with E-state index in [0.717, 1.165) is 23.1 Å². The highest BCUT2D eigenvalue weighted by Crippen LogP contribution is 2.33. The number of nitrogens with zero attached hydrogens (tertiary/aromatic N) is 1. The van der Waals surface area contributed by atoms with Crippen molar-refractivity contribution in [2.75, 3.05) is 13.1 Å². The Bertz CT molecular complexity index is 788. The number of Topliss-reactive ketones (excluding diaryl/α,β-unsaturated/α-hetero) is 1. The van der Waals surface area contributed by atoms with Crippen molar-refractivity contribution in [1.29, 1.82) is 0 Å². The van der Waals surface area contributed by atoms with Crippen LogP contribution in [-0.4, -0.2) is 31.6 Å². The lowest BCUT2D eigenvalue weighted by Gasteiger charge is -2.15. The van der Waals surface area contributed by atoms with Crippen LogP contribution in [0.5, 0.6) is 0 Å². The Morgan fingerprint density at radius 2 is 1.83 bits per heavy atom. The van der Waals surface area contributed by atoms with Crippen molar-refractivity contribution in [2.24, 2.45) is 5.92 Å². The van der Waals surface area contributed by atoms with Gasteiger partial charge in [-0.2, -0.15) is 4.31 Å². The first-order valence-corrected chi connectivity index (χ1v) is 9.30. The fourth-order valence-corrected chi connectivity index (χ4v) is 4.60. The zero-order valence-corrected chi connectivity index (χ0v) is 14.3. The third-order valence-electron chi connectivity index (χ3n) is 4.66. The van der Waals surface area contributed by atoms with Crippen LogP contribution < -0.4 is 0 Å². The normalized spacial score (nSPS) is 27.4. The lowest BCUT2D eigenvalue weighted by Crippen LogP contribution is -2.28. The third-order valence-corrected chi connectivity index (χ3v) is 6.49. The molecule has 1 aliphatic carbocycles. The van der Waals surface area contributed by atoms with Crippen LogP contribution in [0.3, 0.4) is 0 Å². The van der Waals surface area contributed by atoms with E-state index in [1.807, 2.05) is 19.9 Å². The summed E-state index contributed by atoms with van der Waals surface area (Å²) >= 11 is 0. The van der Waals surface area contributed by atoms with Gasteiger partial charge in [0.25, 0.3) is 0 Å². The Morgan fingerprint density at radius 3 is 2.52 bits per heavy atom. The van der Waals surface area contributed by atoms with E-state index in [1.165, 1.54) is 4.31 Å². The molecule has 1 heterocycles. The summed E-state index contributed by atoms with van der Waals surface area (Å²) in [6, 6.07) is 6.90. The van der Waals surface area contributed by atoms with Crippen molar-refractivity contribution in [3.63, 3.8) is 0 Å². The van der Waals surface area contributed by atoms with Crippen LogP contribution in [-0.2, 0) is 14.8 Å². The van der Waals surface area contributed by atoms with Gasteiger partial charge >= 0.3 is 0 Å². The number of carbonyl (C=O) groups excluding carboxylic acids is 1. The van der Waals surface area contributed by atoms with E-state index < -0.39 is 10.0 Å². The molecule has 1 saturated heterocycles. The lowest BCUT2D eigenvalue weighted by molar-refractivity contribution is -0.115. The summed E-state index contributed by atoms with van der Waals surface area (Å²) in [5.74, 6) is 0.142. The molecule has 1 fully saturated rings. The summed E-state index contributed by atoms with van der Waals surface area (Å²) in [6.45, 7) is 4.47. The van der Waals surface area contributed by atoms with Crippen molar-refractivity contribution in [3.8, 4) is 0 Å². The van der Waals surface area contributed by atoms with Crippen LogP contribution in [0.25, 0.3) is 0 Å². The van der Waals surface area contributed by atoms with Crippen molar-refractivity contribution < 1.29 is 13.2 Å². The standard InChI is InChI=1S/C18H21NO3S/c1-13-7-9-16(10-8-13)23(21,22)19-11-15-5-3-4-6-18(20)14(2)17(15)12-19/h3,5,7-10,15H,4,6,11-12H2,1-2H3/b5-3-,17-14-. The highest BCUT2D eigenvalue weighted by atomic mass is 32.2. The van der Waals surface area contributed by atoms with E-state index in [2.05, 4.69) is 6.08 Å². The minimum absolute atomic E-state index is 0.0134. The summed E-state index contributed by atoms with van der Waals surface area (Å²) in [4.78, 5) is 12.4. The molecule has 122 valence electrons. The maximum atomic E-state index is 12.8. The summed E-state index contributed by atoms with van der Waals surface area (Å²) < 4.78 is 27.2. The molecular formula is C18H21NO3S. The molecule has 23 heavy (non-hydrogen) atoms. The molecule has 0 saturated carbocycles. The van der Waals surface area contributed by atoms with Crippen molar-refractivity contribution in [3.05, 3.63) is 53.1 Å². The lowest BCUT2D eigenvalue weighted by atomic mass is 9.91. The van der Waals surface area contributed by atoms with Gasteiger partial charge in [0.15, 0.2) is 5.78 Å². The number of rotatable bonds is 2. The van der Waals surface area contributed by atoms with E-state index in [0.29, 0.717) is 24.4 Å². The van der Waals surface area contributed by atoms with E-state index >= 15 is 0 Å². The van der Waals surface area contributed by atoms with Crippen LogP contribution in [0.15, 0.2) is 52.5 Å². The van der Waals surface area contributed by atoms with Crippen LogP contribution in [0, 0.1) is 12.8 Å². The Balaban J connectivity index is 1.95. The maximum absolute atomic E-state index is 12.8. The molecule has 1 aromatic rings. The van der Waals surface area contributed by atoms with E-state index in [-0.39, 0.29) is 11.7 Å². The van der Waals surface area contributed by atoms with Gasteiger partial charge in [0.05, 0.1) is 4.90 Å². The molecule has 0 amide bonds. The summed E-state index contributed by atoms with van der Waals surface area (Å²) in [7, 11) is -3.52. The average molecular weight is 331 g/mol. The van der Waals surface area contributed by atoms with Gasteiger partial charge in [-0.15, -0.1) is 0 Å². The van der Waals surface area contributed by atoms with Gasteiger partial charge in [0, 0.05) is 25.4 Å². The number of fused-ring (bicyclic) bond motifs is 1. The molecule has 0 bridgehead atoms. The second-order valence-electron chi connectivity index (χ2n) is 6.26. The molecule has 0 radical (unpaired) electrons. The predicted octanol–water partition coefficient (Wildman–Crippen LogP) is 2.85. The van der Waals surface area contributed by atoms with Crippen LogP contribution in [0.4, 0.5) is 0 Å². The minimum Gasteiger partial charge on any atom is -0.295 e. The first kappa shape index (κ1) is 16.1. The molecule has 0 aromatic heterocycles. The van der Waals surface area contributed by atoms with Gasteiger partial charge in [0.2, 0.25) is 10.0 Å². The van der Waals surface area contributed by atoms with Crippen LogP contribution in [0.1, 0.15) is 25.3 Å². The topological polar surface area (TPSA) is 54.5 Å². The van der Waals surface area contributed by atoms with Crippen LogP contribution in [0.2, 0.25) is 0 Å². The molecule has 1 atom stereocenters. The monoisotopic (exact) mass is 331 g/mol. The Labute approximate surface area is 137 Å². The molecule has 3 rings (SSSR count). The second-order valence-corrected chi connectivity index (χ2v) is 8.20. The molecule has 1 unspecified atom stereocenters. The van der Waals surface area contributed by atoms with E-state index in [4.69, 9.17) is 0 Å². The maximum Gasteiger partial charge on any atom is 0.243 e. The minimum atomic E-state index is -3.52. The SMILES string of the molecule is C/C1=C2\CN(S(=O)(=O)c3ccc(C)cc3)CC2/C=C\CCC1=O. The zero-order chi connectivity index (χ0) is 16.6. The summed E-state index contributed by atoms with van der Waals surface area (Å²) in [6.07, 6.45) is 5.28. The van der Waals surface area contributed by atoms with Crippen LogP contribution >= 0.6 is 0 Å². The van der Waals surface area contributed by atoms with Crippen molar-refractivity contribution in [1.82, 2.24) is 4.31 Å². The number of allylic oxidation sites excluding steroid dienone is 2. The molecule has 1 aliphatic heterocycles. The predicted molar refractivity (Wildman–Crippen MR) is 89.5 cm³/mol. The number of aryl methyl sites for hydroxylation is 1. The molecule has 5 heteroatoms. The first-order chi connectivity index (χ1) is 10.9. The second kappa shape index (κ2) is 6.06. The number of benzene rings is 1. The van der Waals surface area contributed by atoms with Gasteiger partial charge in [-0.3, -0.25) is 4.79 Å². The van der Waals surface area contributed by atoms with E-state index in [1.54, 1.807) is 24.3 Å². The highest BCUT2D eigenvalue weighted by Gasteiger charge is 2.36. The third kappa shape index (κ3) is 3.03. The average Bonchev–Trinajstić information content (AvgIpc) is 2.94. The number of sulfonamides is 1. The quantitative estimate of drug-likeness (QED) is 0.783. The fraction of sp³-hybridized carbons (Fsp3) is 0.389. The Kier molecular flexibility index (Phi) is 4.25. The number of hydrogen-bond donors (Lipinski definition) is 0. The fourth-order valence-electron chi connectivity index (χ4n) is 3.16. The zero-order valence-electron chi connectivity index (χ0n) is 13.5. The number of carbonyl (C=O) groups is 1. The highest BCUT2D eigenvalue weighted by molar-refractivity contribution is 7.89. The molecule has 0 N–H and O–H groups in total. The number of hydrogen-bond acceptors (Lipinski definition) is 3. The summed E-state index contributed by atoms with van der Waals surface area (Å²) in [5, 5.41) is 0. The van der Waals surface area contributed by atoms with Crippen molar-refractivity contribution >= 4 is 15.8 Å². The number of ketones is 1. The molecular weight excluding hydrogens is 310 g/mol. The first-order valence-electron chi connectivity index (χ1n) is 7.86. The Morgan fingerprint density at radius 1 is 1.13 bits per heavy atom. The molecule has 2 aliphatic rings. The largest absolute Gasteiger partial charge is 0.295 e. The van der Waals surface area contributed by atoms with Gasteiger partial charge in [-0.25, -0.2) is 8.42 Å². The summed E-state index contributed by atoms with van der Waals surface area (Å²) in [5.41, 5.74) is 2.71. The van der Waals surface area contributed by atoms with Gasteiger partial charge in [-0.05, 0) is 43.5 Å². The van der Waals surface area contributed by atoms with Gasteiger partial charge < -0.3 is 0 Å². The molecule has 0 spiro atoms. The molecule has 1 aromatic carbocycles. The van der Waals surface area contributed by atoms with Crippen molar-refractivity contribution in [2.45, 2.75) is 31.6 Å². The van der Waals surface area contributed by atoms with Gasteiger partial charge in [-0.1, -0.05) is 29.8 Å². The smallest absolute Gasteiger partial charge is 0.243 e. The van der Waals surface area contributed by atoms with E-state index in [9.17, 15) is 13.2 Å². The Hall–Kier alpha value is -1.72. The molecule has 4 nitrogen and oxygen atoms in total.